The van der Waals surface area contributed by atoms with Crippen LogP contribution in [0.3, 0.4) is 0 Å². The summed E-state index contributed by atoms with van der Waals surface area (Å²) in [4.78, 5) is 3.66. The van der Waals surface area contributed by atoms with Gasteiger partial charge in [0.05, 0.1) is 11.9 Å². The van der Waals surface area contributed by atoms with E-state index < -0.39 is 21.9 Å². The molecule has 0 saturated heterocycles. The predicted octanol–water partition coefficient (Wildman–Crippen LogP) is 0.608. The number of alkyl halides is 3. The number of hydrogen-bond acceptors (Lipinski definition) is 6. The molecule has 0 fully saturated rings. The molecule has 1 atom stereocenters. The van der Waals surface area contributed by atoms with Gasteiger partial charge in [0.25, 0.3) is 0 Å². The van der Waals surface area contributed by atoms with E-state index in [9.17, 15) is 21.6 Å². The van der Waals surface area contributed by atoms with Gasteiger partial charge in [-0.3, -0.25) is 0 Å². The smallest absolute Gasteiger partial charge is 0.472 e. The third-order valence-electron chi connectivity index (χ3n) is 1.97. The second-order valence-electron chi connectivity index (χ2n) is 3.27. The molecule has 100 valence electrons. The molecule has 2 rings (SSSR count). The third-order valence-corrected chi connectivity index (χ3v) is 3.00. The van der Waals surface area contributed by atoms with E-state index in [0.29, 0.717) is 0 Å². The number of hydrogen-bond donors (Lipinski definition) is 1. The van der Waals surface area contributed by atoms with Gasteiger partial charge in [0.1, 0.15) is 6.61 Å². The highest BCUT2D eigenvalue weighted by molar-refractivity contribution is 7.87. The van der Waals surface area contributed by atoms with E-state index in [-0.39, 0.29) is 18.2 Å². The minimum Gasteiger partial charge on any atom is -0.472 e. The van der Waals surface area contributed by atoms with Gasteiger partial charge in [-0.1, -0.05) is 0 Å². The summed E-state index contributed by atoms with van der Waals surface area (Å²) < 4.78 is 66.8. The van der Waals surface area contributed by atoms with Crippen molar-refractivity contribution < 1.29 is 30.5 Å². The summed E-state index contributed by atoms with van der Waals surface area (Å²) in [7, 11) is -5.68. The van der Waals surface area contributed by atoms with E-state index in [1.165, 1.54) is 6.08 Å². The molecule has 6 nitrogen and oxygen atoms in total. The van der Waals surface area contributed by atoms with Gasteiger partial charge in [0.2, 0.25) is 5.88 Å². The molecule has 0 aliphatic carbocycles. The number of aliphatic imine (C=N–C) groups is 1. The summed E-state index contributed by atoms with van der Waals surface area (Å²) in [6, 6.07) is 0. The van der Waals surface area contributed by atoms with E-state index in [0.717, 1.165) is 6.21 Å². The van der Waals surface area contributed by atoms with Crippen molar-refractivity contribution >= 4 is 16.3 Å². The second kappa shape index (κ2) is 4.28. The number of nitrogens with one attached hydrogen (secondary N) is 1. The lowest BCUT2D eigenvalue weighted by Crippen LogP contribution is -2.41. The van der Waals surface area contributed by atoms with Crippen molar-refractivity contribution in [2.45, 2.75) is 11.7 Å². The molecule has 18 heavy (non-hydrogen) atoms. The third kappa shape index (κ3) is 2.48. The number of rotatable bonds is 2. The summed E-state index contributed by atoms with van der Waals surface area (Å²) in [5.74, 6) is 0.168. The molecule has 0 bridgehead atoms. The lowest BCUT2D eigenvalue weighted by molar-refractivity contribution is -0.0559. The van der Waals surface area contributed by atoms with Crippen LogP contribution in [0.2, 0.25) is 0 Å². The van der Waals surface area contributed by atoms with Crippen LogP contribution in [0.1, 0.15) is 0 Å². The minimum absolute atomic E-state index is 0.168. The maximum absolute atomic E-state index is 12.1. The highest BCUT2D eigenvalue weighted by Gasteiger charge is 2.48. The monoisotopic (exact) mass is 284 g/mol. The first kappa shape index (κ1) is 12.9. The minimum atomic E-state index is -5.68. The second-order valence-corrected chi connectivity index (χ2v) is 4.84. The lowest BCUT2D eigenvalue weighted by atomic mass is 10.3. The standard InChI is InChI=1S/C8H7F3N2O4S/c9-8(10,11)18(14,15)17-6-4-12-7-5(13-6)2-1-3-16-7/h1-2,4,6,13H,3H2. The Morgan fingerprint density at radius 2 is 2.22 bits per heavy atom. The van der Waals surface area contributed by atoms with Crippen molar-refractivity contribution in [1.82, 2.24) is 5.32 Å². The van der Waals surface area contributed by atoms with Gasteiger partial charge >= 0.3 is 15.6 Å². The largest absolute Gasteiger partial charge is 0.523 e. The first-order chi connectivity index (χ1) is 8.29. The van der Waals surface area contributed by atoms with Gasteiger partial charge in [-0.25, -0.2) is 9.18 Å². The average molecular weight is 284 g/mol. The SMILES string of the molecule is O=S(=O)(OC1C=NC2=C(C=CCO2)N1)C(F)(F)F. The Morgan fingerprint density at radius 1 is 1.50 bits per heavy atom. The van der Waals surface area contributed by atoms with Crippen LogP contribution in [0.25, 0.3) is 0 Å². The van der Waals surface area contributed by atoms with Gasteiger partial charge in [-0.05, 0) is 12.2 Å². The lowest BCUT2D eigenvalue weighted by Gasteiger charge is -2.24. The van der Waals surface area contributed by atoms with E-state index >= 15 is 0 Å². The van der Waals surface area contributed by atoms with Crippen molar-refractivity contribution in [1.29, 1.82) is 0 Å². The number of ether oxygens (including phenoxy) is 1. The molecule has 0 aromatic heterocycles. The van der Waals surface area contributed by atoms with Crippen LogP contribution >= 0.6 is 0 Å². The summed E-state index contributed by atoms with van der Waals surface area (Å²) in [6.45, 7) is 0.282. The van der Waals surface area contributed by atoms with Crippen molar-refractivity contribution in [2.24, 2.45) is 4.99 Å². The van der Waals surface area contributed by atoms with Crippen LogP contribution in [0, 0.1) is 0 Å². The van der Waals surface area contributed by atoms with Gasteiger partial charge in [0.15, 0.2) is 6.23 Å². The molecular formula is C8H7F3N2O4S. The Labute approximate surface area is 99.9 Å². The normalized spacial score (nSPS) is 23.4. The number of allylic oxidation sites excluding steroid dienone is 1. The maximum Gasteiger partial charge on any atom is 0.523 e. The van der Waals surface area contributed by atoms with Crippen molar-refractivity contribution in [3.8, 4) is 0 Å². The molecule has 0 saturated carbocycles. The first-order valence-corrected chi connectivity index (χ1v) is 6.04. The molecule has 0 amide bonds. The zero-order chi connectivity index (χ0) is 13.4. The van der Waals surface area contributed by atoms with Gasteiger partial charge < -0.3 is 10.1 Å². The van der Waals surface area contributed by atoms with Gasteiger partial charge in [0, 0.05) is 0 Å². The Morgan fingerprint density at radius 3 is 2.89 bits per heavy atom. The summed E-state index contributed by atoms with van der Waals surface area (Å²) >= 11 is 0. The van der Waals surface area contributed by atoms with Crippen molar-refractivity contribution in [2.75, 3.05) is 6.61 Å². The molecule has 0 radical (unpaired) electrons. The van der Waals surface area contributed by atoms with Crippen LogP contribution in [0.15, 0.2) is 28.7 Å². The summed E-state index contributed by atoms with van der Waals surface area (Å²) in [6.07, 6.45) is 2.44. The van der Waals surface area contributed by atoms with Gasteiger partial charge in [-0.15, -0.1) is 0 Å². The molecule has 10 heteroatoms. The fourth-order valence-electron chi connectivity index (χ4n) is 1.22. The van der Waals surface area contributed by atoms with Gasteiger partial charge in [-0.2, -0.15) is 21.6 Å². The molecular weight excluding hydrogens is 277 g/mol. The van der Waals surface area contributed by atoms with Crippen LogP contribution in [-0.2, 0) is 19.0 Å². The number of nitrogens with zero attached hydrogens (tertiary/aromatic N) is 1. The Bertz CT molecular complexity index is 535. The van der Waals surface area contributed by atoms with Crippen LogP contribution in [-0.4, -0.2) is 33.0 Å². The fraction of sp³-hybridized carbons (Fsp3) is 0.375. The topological polar surface area (TPSA) is 77.0 Å². The van der Waals surface area contributed by atoms with E-state index in [2.05, 4.69) is 14.5 Å². The van der Waals surface area contributed by atoms with Crippen LogP contribution in [0.5, 0.6) is 0 Å². The van der Waals surface area contributed by atoms with Crippen LogP contribution in [0.4, 0.5) is 13.2 Å². The highest BCUT2D eigenvalue weighted by atomic mass is 32.2. The molecule has 2 heterocycles. The number of halogens is 3. The van der Waals surface area contributed by atoms with Crippen molar-refractivity contribution in [3.05, 3.63) is 23.7 Å². The molecule has 2 aliphatic heterocycles. The summed E-state index contributed by atoms with van der Waals surface area (Å²) in [5, 5.41) is 2.40. The Hall–Kier alpha value is -1.55. The maximum atomic E-state index is 12.1. The predicted molar refractivity (Wildman–Crippen MR) is 53.6 cm³/mol. The van der Waals surface area contributed by atoms with E-state index in [1.54, 1.807) is 6.08 Å². The van der Waals surface area contributed by atoms with E-state index in [1.807, 2.05) is 0 Å². The highest BCUT2D eigenvalue weighted by Crippen LogP contribution is 2.26. The zero-order valence-electron chi connectivity index (χ0n) is 8.64. The first-order valence-electron chi connectivity index (χ1n) is 4.63. The van der Waals surface area contributed by atoms with Crippen LogP contribution < -0.4 is 5.32 Å². The zero-order valence-corrected chi connectivity index (χ0v) is 9.46. The Kier molecular flexibility index (Phi) is 3.07. The average Bonchev–Trinajstić information content (AvgIpc) is 2.27. The Balaban J connectivity index is 2.10. The molecule has 0 aromatic carbocycles. The molecule has 0 aromatic rings. The fourth-order valence-corrected chi connectivity index (χ4v) is 1.70. The quantitative estimate of drug-likeness (QED) is 0.594. The van der Waals surface area contributed by atoms with Crippen molar-refractivity contribution in [3.63, 3.8) is 0 Å². The van der Waals surface area contributed by atoms with E-state index in [4.69, 9.17) is 4.74 Å². The molecule has 1 N–H and O–H groups in total. The molecule has 0 spiro atoms. The molecule has 2 aliphatic rings. The molecule has 1 unspecified atom stereocenters. The summed E-state index contributed by atoms with van der Waals surface area (Å²) in [5.41, 5.74) is -5.22.